The summed E-state index contributed by atoms with van der Waals surface area (Å²) in [5, 5.41) is -5.46. The Bertz CT molecular complexity index is 1960. The third-order valence-corrected chi connectivity index (χ3v) is 6.61. The molecule has 1 nitrogen and oxygen atoms in total. The Balaban J connectivity index is 2.15. The lowest BCUT2D eigenvalue weighted by molar-refractivity contribution is -0.143. The summed E-state index contributed by atoms with van der Waals surface area (Å²) in [4.78, 5) is 0. The molecule has 0 aliphatic rings. The maximum atomic E-state index is 15.4. The molecular formula is C28H8F14O. The summed E-state index contributed by atoms with van der Waals surface area (Å²) >= 11 is 0. The monoisotopic (exact) mass is 626 g/mol. The number of benzene rings is 5. The summed E-state index contributed by atoms with van der Waals surface area (Å²) in [5.74, 6) is -27.5. The van der Waals surface area contributed by atoms with Crippen LogP contribution in [0.2, 0.25) is 0 Å². The van der Waals surface area contributed by atoms with E-state index in [4.69, 9.17) is 0 Å². The van der Waals surface area contributed by atoms with Crippen LogP contribution < -0.4 is 4.74 Å². The highest BCUT2D eigenvalue weighted by molar-refractivity contribution is 6.22. The molecule has 0 N–H and O–H groups in total. The molecule has 0 bridgehead atoms. The highest BCUT2D eigenvalue weighted by atomic mass is 19.4. The summed E-state index contributed by atoms with van der Waals surface area (Å²) in [7, 11) is 0.611. The van der Waals surface area contributed by atoms with Gasteiger partial charge in [-0.25, -0.2) is 39.5 Å². The molecule has 5 rings (SSSR count). The van der Waals surface area contributed by atoms with Crippen molar-refractivity contribution < 1.29 is 66.2 Å². The molecule has 0 heterocycles. The zero-order valence-corrected chi connectivity index (χ0v) is 20.6. The average molecular weight is 626 g/mol. The third kappa shape index (κ3) is 4.15. The molecule has 43 heavy (non-hydrogen) atoms. The van der Waals surface area contributed by atoms with Crippen molar-refractivity contribution in [3.05, 3.63) is 99.9 Å². The molecule has 0 aliphatic carbocycles. The quantitative estimate of drug-likeness (QED) is 0.110. The van der Waals surface area contributed by atoms with Crippen LogP contribution in [0.1, 0.15) is 5.56 Å². The first-order valence-corrected chi connectivity index (χ1v) is 11.4. The van der Waals surface area contributed by atoms with Crippen molar-refractivity contribution in [3.8, 4) is 28.0 Å². The van der Waals surface area contributed by atoms with Crippen LogP contribution in [-0.4, -0.2) is 7.11 Å². The SMILES string of the molecule is COc1c(F)c(F)c(-c2c3c(F)cccc3c(-c3c(F)c(F)c(C(F)(F)F)c(F)c3F)c3c(F)ccc(F)c23)c(F)c1F. The van der Waals surface area contributed by atoms with Crippen LogP contribution in [0.15, 0.2) is 30.3 Å². The van der Waals surface area contributed by atoms with E-state index in [1.54, 1.807) is 0 Å². The molecule has 0 spiro atoms. The van der Waals surface area contributed by atoms with Gasteiger partial charge in [0.1, 0.15) is 23.0 Å². The van der Waals surface area contributed by atoms with E-state index in [1.165, 1.54) is 0 Å². The fourth-order valence-electron chi connectivity index (χ4n) is 4.91. The second-order valence-corrected chi connectivity index (χ2v) is 8.86. The Morgan fingerprint density at radius 2 is 0.884 bits per heavy atom. The fraction of sp³-hybridized carbons (Fsp3) is 0.0714. The lowest BCUT2D eigenvalue weighted by Crippen LogP contribution is -2.16. The molecular weight excluding hydrogens is 618 g/mol. The van der Waals surface area contributed by atoms with Crippen LogP contribution in [0.3, 0.4) is 0 Å². The van der Waals surface area contributed by atoms with Crippen molar-refractivity contribution >= 4 is 21.5 Å². The molecule has 0 saturated carbocycles. The van der Waals surface area contributed by atoms with Gasteiger partial charge in [-0.2, -0.15) is 22.0 Å². The minimum Gasteiger partial charge on any atom is -0.491 e. The molecule has 5 aromatic carbocycles. The number of alkyl halides is 3. The van der Waals surface area contributed by atoms with Crippen molar-refractivity contribution in [2.45, 2.75) is 6.18 Å². The number of halogens is 14. The van der Waals surface area contributed by atoms with Crippen molar-refractivity contribution in [1.29, 1.82) is 0 Å². The second kappa shape index (κ2) is 10.0. The van der Waals surface area contributed by atoms with Crippen LogP contribution in [0.25, 0.3) is 43.8 Å². The van der Waals surface area contributed by atoms with Gasteiger partial charge < -0.3 is 4.74 Å². The molecule has 0 radical (unpaired) electrons. The van der Waals surface area contributed by atoms with E-state index in [0.717, 1.165) is 0 Å². The first-order valence-electron chi connectivity index (χ1n) is 11.4. The minimum absolute atomic E-state index is 0.240. The van der Waals surface area contributed by atoms with Crippen LogP contribution >= 0.6 is 0 Å². The van der Waals surface area contributed by atoms with E-state index < -0.39 is 125 Å². The lowest BCUT2D eigenvalue weighted by atomic mass is 9.84. The van der Waals surface area contributed by atoms with E-state index in [-0.39, 0.29) is 12.1 Å². The van der Waals surface area contributed by atoms with Gasteiger partial charge in [-0.1, -0.05) is 12.1 Å². The average Bonchev–Trinajstić information content (AvgIpc) is 2.93. The Morgan fingerprint density at radius 3 is 1.35 bits per heavy atom. The fourth-order valence-corrected chi connectivity index (χ4v) is 4.91. The van der Waals surface area contributed by atoms with Crippen molar-refractivity contribution in [2.24, 2.45) is 0 Å². The molecule has 0 aliphatic heterocycles. The Morgan fingerprint density at radius 1 is 0.465 bits per heavy atom. The smallest absolute Gasteiger partial charge is 0.422 e. The van der Waals surface area contributed by atoms with Gasteiger partial charge in [-0.05, 0) is 23.6 Å². The first-order chi connectivity index (χ1) is 20.1. The minimum atomic E-state index is -6.00. The molecule has 0 saturated heterocycles. The first kappa shape index (κ1) is 29.9. The maximum Gasteiger partial charge on any atom is 0.422 e. The summed E-state index contributed by atoms with van der Waals surface area (Å²) < 4.78 is 210. The molecule has 0 unspecified atom stereocenters. The standard InChI is InChI=1S/C28H8F14O/c1-43-27-25(38)21(34)17(22(35)26(27)39)15-11-7(3-2-4-8(11)29)12(13-9(30)5-6-10(31)14(13)15)16-19(32)23(36)18(28(40,41)42)24(37)20(16)33/h2-6H,1H3. The highest BCUT2D eigenvalue weighted by Gasteiger charge is 2.43. The number of methoxy groups -OCH3 is 1. The molecule has 0 amide bonds. The number of hydrogen-bond acceptors (Lipinski definition) is 1. The van der Waals surface area contributed by atoms with Gasteiger partial charge in [0.2, 0.25) is 11.6 Å². The number of hydrogen-bond donors (Lipinski definition) is 0. The number of ether oxygens (including phenoxy) is 1. The predicted molar refractivity (Wildman–Crippen MR) is 123 cm³/mol. The topological polar surface area (TPSA) is 9.23 Å². The predicted octanol–water partition coefficient (Wildman–Crippen LogP) is 9.88. The van der Waals surface area contributed by atoms with Crippen LogP contribution in [0, 0.1) is 64.0 Å². The lowest BCUT2D eigenvalue weighted by Gasteiger charge is -2.21. The van der Waals surface area contributed by atoms with Gasteiger partial charge in [0.15, 0.2) is 40.7 Å². The zero-order chi connectivity index (χ0) is 31.9. The maximum absolute atomic E-state index is 15.4. The van der Waals surface area contributed by atoms with Gasteiger partial charge in [0, 0.05) is 27.3 Å². The summed E-state index contributed by atoms with van der Waals surface area (Å²) in [6, 6.07) is 2.29. The molecule has 0 atom stereocenters. The van der Waals surface area contributed by atoms with Gasteiger partial charge in [0.25, 0.3) is 0 Å². The summed E-state index contributed by atoms with van der Waals surface area (Å²) in [6.07, 6.45) is -6.00. The normalized spacial score (nSPS) is 12.1. The van der Waals surface area contributed by atoms with E-state index in [9.17, 15) is 30.7 Å². The van der Waals surface area contributed by atoms with Crippen molar-refractivity contribution in [3.63, 3.8) is 0 Å². The van der Waals surface area contributed by atoms with Gasteiger partial charge >= 0.3 is 6.18 Å². The zero-order valence-electron chi connectivity index (χ0n) is 20.6. The summed E-state index contributed by atoms with van der Waals surface area (Å²) in [5.41, 5.74) is -9.94. The highest BCUT2D eigenvalue weighted by Crippen LogP contribution is 2.50. The number of fused-ring (bicyclic) bond motifs is 2. The Kier molecular flexibility index (Phi) is 6.97. The van der Waals surface area contributed by atoms with Crippen LogP contribution in [0.4, 0.5) is 61.5 Å². The van der Waals surface area contributed by atoms with Crippen molar-refractivity contribution in [1.82, 2.24) is 0 Å². The molecule has 224 valence electrons. The van der Waals surface area contributed by atoms with E-state index in [2.05, 4.69) is 4.74 Å². The Hall–Kier alpha value is -4.56. The molecule has 0 fully saturated rings. The van der Waals surface area contributed by atoms with Gasteiger partial charge in [0.05, 0.1) is 18.2 Å². The van der Waals surface area contributed by atoms with Crippen LogP contribution in [0.5, 0.6) is 5.75 Å². The summed E-state index contributed by atoms with van der Waals surface area (Å²) in [6.45, 7) is 0. The van der Waals surface area contributed by atoms with E-state index in [1.807, 2.05) is 0 Å². The third-order valence-electron chi connectivity index (χ3n) is 6.61. The van der Waals surface area contributed by atoms with Gasteiger partial charge in [-0.15, -0.1) is 0 Å². The number of rotatable bonds is 3. The Labute approximate surface area is 229 Å². The molecule has 0 aromatic heterocycles. The molecule has 5 aromatic rings. The van der Waals surface area contributed by atoms with E-state index >= 15 is 30.7 Å². The van der Waals surface area contributed by atoms with Gasteiger partial charge in [-0.3, -0.25) is 0 Å². The largest absolute Gasteiger partial charge is 0.491 e. The second-order valence-electron chi connectivity index (χ2n) is 8.86. The van der Waals surface area contributed by atoms with Crippen molar-refractivity contribution in [2.75, 3.05) is 7.11 Å². The van der Waals surface area contributed by atoms with Crippen LogP contribution in [-0.2, 0) is 6.18 Å². The molecule has 15 heteroatoms. The van der Waals surface area contributed by atoms with E-state index in [0.29, 0.717) is 25.3 Å².